The largest absolute Gasteiger partial charge is 0.419 e. The zero-order valence-electron chi connectivity index (χ0n) is 9.41. The van der Waals surface area contributed by atoms with E-state index in [0.717, 1.165) is 5.69 Å². The Hall–Kier alpha value is -2.36. The highest BCUT2D eigenvalue weighted by molar-refractivity contribution is 5.88. The fourth-order valence-corrected chi connectivity index (χ4v) is 1.33. The average molecular weight is 228 g/mol. The van der Waals surface area contributed by atoms with E-state index in [-0.39, 0.29) is 0 Å². The van der Waals surface area contributed by atoms with E-state index in [1.807, 2.05) is 18.2 Å². The second-order valence-corrected chi connectivity index (χ2v) is 3.45. The summed E-state index contributed by atoms with van der Waals surface area (Å²) in [7, 11) is 1.65. The van der Waals surface area contributed by atoms with Crippen molar-refractivity contribution in [1.82, 2.24) is 4.98 Å². The van der Waals surface area contributed by atoms with Crippen LogP contribution in [-0.4, -0.2) is 18.1 Å². The lowest BCUT2D eigenvalue weighted by Gasteiger charge is -2.16. The molecule has 0 saturated carbocycles. The van der Waals surface area contributed by atoms with Crippen LogP contribution in [0.2, 0.25) is 0 Å². The van der Waals surface area contributed by atoms with Crippen molar-refractivity contribution in [2.24, 2.45) is 0 Å². The van der Waals surface area contributed by atoms with Gasteiger partial charge in [-0.05, 0) is 24.3 Å². The lowest BCUT2D eigenvalue weighted by atomic mass is 10.3. The molecule has 1 amide bonds. The minimum absolute atomic E-state index is 0.428. The standard InChI is InChI=1S/C13H12N2O2/c1-15(11-7-9-14-10-8-11)13(16)17-12-5-3-2-4-6-12/h2-10H,1H3. The Morgan fingerprint density at radius 1 is 1.12 bits per heavy atom. The van der Waals surface area contributed by atoms with Crippen molar-refractivity contribution in [3.63, 3.8) is 0 Å². The van der Waals surface area contributed by atoms with Crippen LogP contribution in [0.3, 0.4) is 0 Å². The fourth-order valence-electron chi connectivity index (χ4n) is 1.33. The van der Waals surface area contributed by atoms with Crippen LogP contribution in [0.25, 0.3) is 0 Å². The van der Waals surface area contributed by atoms with Gasteiger partial charge < -0.3 is 4.74 Å². The summed E-state index contributed by atoms with van der Waals surface area (Å²) < 4.78 is 5.20. The van der Waals surface area contributed by atoms with Gasteiger partial charge in [-0.15, -0.1) is 0 Å². The van der Waals surface area contributed by atoms with Gasteiger partial charge in [0.15, 0.2) is 0 Å². The number of carbonyl (C=O) groups excluding carboxylic acids is 1. The van der Waals surface area contributed by atoms with Gasteiger partial charge in [0.05, 0.1) is 0 Å². The van der Waals surface area contributed by atoms with Crippen LogP contribution in [0.4, 0.5) is 10.5 Å². The summed E-state index contributed by atoms with van der Waals surface area (Å²) in [5, 5.41) is 0. The fraction of sp³-hybridized carbons (Fsp3) is 0.0769. The molecule has 4 heteroatoms. The zero-order chi connectivity index (χ0) is 12.1. The molecule has 0 radical (unpaired) electrons. The van der Waals surface area contributed by atoms with Crippen molar-refractivity contribution in [2.75, 3.05) is 11.9 Å². The van der Waals surface area contributed by atoms with Crippen LogP contribution < -0.4 is 9.64 Å². The van der Waals surface area contributed by atoms with Crippen molar-refractivity contribution < 1.29 is 9.53 Å². The molecule has 0 N–H and O–H groups in total. The normalized spacial score (nSPS) is 9.71. The van der Waals surface area contributed by atoms with E-state index < -0.39 is 6.09 Å². The van der Waals surface area contributed by atoms with Gasteiger partial charge in [0.25, 0.3) is 0 Å². The van der Waals surface area contributed by atoms with Crippen LogP contribution >= 0.6 is 0 Å². The van der Waals surface area contributed by atoms with E-state index in [2.05, 4.69) is 4.98 Å². The first-order valence-corrected chi connectivity index (χ1v) is 5.18. The van der Waals surface area contributed by atoms with E-state index in [1.165, 1.54) is 4.90 Å². The van der Waals surface area contributed by atoms with E-state index in [0.29, 0.717) is 5.75 Å². The minimum atomic E-state index is -0.428. The molecule has 0 atom stereocenters. The summed E-state index contributed by atoms with van der Waals surface area (Å²) in [6.07, 6.45) is 2.82. The highest BCUT2D eigenvalue weighted by atomic mass is 16.6. The zero-order valence-corrected chi connectivity index (χ0v) is 9.41. The van der Waals surface area contributed by atoms with E-state index >= 15 is 0 Å². The van der Waals surface area contributed by atoms with Gasteiger partial charge in [-0.3, -0.25) is 9.88 Å². The molecular formula is C13H12N2O2. The maximum absolute atomic E-state index is 11.8. The Kier molecular flexibility index (Phi) is 3.35. The highest BCUT2D eigenvalue weighted by Crippen LogP contribution is 2.14. The van der Waals surface area contributed by atoms with E-state index in [9.17, 15) is 4.79 Å². The van der Waals surface area contributed by atoms with Crippen molar-refractivity contribution in [3.8, 4) is 5.75 Å². The molecule has 86 valence electrons. The number of carbonyl (C=O) groups is 1. The summed E-state index contributed by atoms with van der Waals surface area (Å²) in [6, 6.07) is 12.4. The van der Waals surface area contributed by atoms with Gasteiger partial charge in [0.2, 0.25) is 0 Å². The number of ether oxygens (including phenoxy) is 1. The Balaban J connectivity index is 2.06. The van der Waals surface area contributed by atoms with Crippen molar-refractivity contribution in [2.45, 2.75) is 0 Å². The molecule has 1 aromatic heterocycles. The lowest BCUT2D eigenvalue weighted by molar-refractivity contribution is 0.209. The topological polar surface area (TPSA) is 42.4 Å². The summed E-state index contributed by atoms with van der Waals surface area (Å²) in [5.74, 6) is 0.526. The number of anilines is 1. The van der Waals surface area contributed by atoms with E-state index in [4.69, 9.17) is 4.74 Å². The first-order chi connectivity index (χ1) is 8.27. The third-order valence-electron chi connectivity index (χ3n) is 2.27. The third-order valence-corrected chi connectivity index (χ3v) is 2.27. The second kappa shape index (κ2) is 5.12. The Labute approximate surface area is 99.5 Å². The third kappa shape index (κ3) is 2.81. The molecule has 0 aliphatic heterocycles. The lowest BCUT2D eigenvalue weighted by Crippen LogP contribution is -2.29. The molecule has 1 heterocycles. The number of benzene rings is 1. The SMILES string of the molecule is CN(C(=O)Oc1ccccc1)c1ccncc1. The number of pyridine rings is 1. The van der Waals surface area contributed by atoms with Gasteiger partial charge in [0, 0.05) is 25.1 Å². The molecule has 2 rings (SSSR count). The van der Waals surface area contributed by atoms with E-state index in [1.54, 1.807) is 43.7 Å². The number of nitrogens with zero attached hydrogens (tertiary/aromatic N) is 2. The van der Waals surface area contributed by atoms with Crippen LogP contribution in [0, 0.1) is 0 Å². The van der Waals surface area contributed by atoms with Crippen LogP contribution in [0.5, 0.6) is 5.75 Å². The first-order valence-electron chi connectivity index (χ1n) is 5.18. The predicted octanol–water partition coefficient (Wildman–Crippen LogP) is 2.72. The van der Waals surface area contributed by atoms with Gasteiger partial charge >= 0.3 is 6.09 Å². The van der Waals surface area contributed by atoms with Gasteiger partial charge in [-0.1, -0.05) is 18.2 Å². The molecule has 0 bridgehead atoms. The molecule has 2 aromatic rings. The Morgan fingerprint density at radius 3 is 2.41 bits per heavy atom. The maximum atomic E-state index is 11.8. The number of hydrogen-bond acceptors (Lipinski definition) is 3. The highest BCUT2D eigenvalue weighted by Gasteiger charge is 2.12. The molecule has 0 spiro atoms. The summed E-state index contributed by atoms with van der Waals surface area (Å²) in [4.78, 5) is 17.1. The molecular weight excluding hydrogens is 216 g/mol. The Morgan fingerprint density at radius 2 is 1.76 bits per heavy atom. The molecule has 0 unspecified atom stereocenters. The van der Waals surface area contributed by atoms with Crippen LogP contribution in [0.1, 0.15) is 0 Å². The number of amides is 1. The quantitative estimate of drug-likeness (QED) is 0.793. The first kappa shape index (κ1) is 11.1. The summed E-state index contributed by atoms with van der Waals surface area (Å²) >= 11 is 0. The molecule has 0 saturated heterocycles. The number of para-hydroxylation sites is 1. The van der Waals surface area contributed by atoms with Crippen molar-refractivity contribution >= 4 is 11.8 Å². The molecule has 4 nitrogen and oxygen atoms in total. The monoisotopic (exact) mass is 228 g/mol. The minimum Gasteiger partial charge on any atom is -0.410 e. The predicted molar refractivity (Wildman–Crippen MR) is 65.1 cm³/mol. The molecule has 0 aliphatic carbocycles. The maximum Gasteiger partial charge on any atom is 0.419 e. The molecule has 0 aliphatic rings. The average Bonchev–Trinajstić information content (AvgIpc) is 2.40. The van der Waals surface area contributed by atoms with Crippen LogP contribution in [-0.2, 0) is 0 Å². The molecule has 0 fully saturated rings. The van der Waals surface area contributed by atoms with Crippen molar-refractivity contribution in [3.05, 3.63) is 54.9 Å². The Bertz CT molecular complexity index is 485. The van der Waals surface area contributed by atoms with Crippen molar-refractivity contribution in [1.29, 1.82) is 0 Å². The smallest absolute Gasteiger partial charge is 0.410 e. The summed E-state index contributed by atoms with van der Waals surface area (Å²) in [5.41, 5.74) is 0.737. The van der Waals surface area contributed by atoms with Gasteiger partial charge in [0.1, 0.15) is 5.75 Å². The number of aromatic nitrogens is 1. The van der Waals surface area contributed by atoms with Crippen LogP contribution in [0.15, 0.2) is 54.9 Å². The number of hydrogen-bond donors (Lipinski definition) is 0. The summed E-state index contributed by atoms with van der Waals surface area (Å²) in [6.45, 7) is 0. The van der Waals surface area contributed by atoms with Gasteiger partial charge in [-0.25, -0.2) is 4.79 Å². The molecule has 17 heavy (non-hydrogen) atoms. The second-order valence-electron chi connectivity index (χ2n) is 3.45. The van der Waals surface area contributed by atoms with Gasteiger partial charge in [-0.2, -0.15) is 0 Å². The number of rotatable bonds is 2. The molecule has 1 aromatic carbocycles.